The van der Waals surface area contributed by atoms with Crippen molar-refractivity contribution in [3.05, 3.63) is 0 Å². The Morgan fingerprint density at radius 3 is 1.67 bits per heavy atom. The summed E-state index contributed by atoms with van der Waals surface area (Å²) in [5.41, 5.74) is 0. The summed E-state index contributed by atoms with van der Waals surface area (Å²) in [6.07, 6.45) is -7.84. The van der Waals surface area contributed by atoms with E-state index in [1.807, 2.05) is 0 Å². The van der Waals surface area contributed by atoms with E-state index < -0.39 is 37.0 Å². The minimum absolute atomic E-state index is 0. The van der Waals surface area contributed by atoms with E-state index in [-0.39, 0.29) is 24.8 Å². The highest BCUT2D eigenvalue weighted by Gasteiger charge is 2.33. The van der Waals surface area contributed by atoms with Crippen LogP contribution in [0.4, 0.5) is 0 Å². The van der Waals surface area contributed by atoms with Gasteiger partial charge < -0.3 is 30.6 Å². The second kappa shape index (κ2) is 9.10. The monoisotopic (exact) mass is 268 g/mol. The molecule has 0 heterocycles. The van der Waals surface area contributed by atoms with Gasteiger partial charge in [0.2, 0.25) is 0 Å². The zero-order valence-corrected chi connectivity index (χ0v) is 9.06. The van der Waals surface area contributed by atoms with Gasteiger partial charge in [0.1, 0.15) is 18.3 Å². The van der Waals surface area contributed by atoms with E-state index in [0.717, 1.165) is 0 Å². The van der Waals surface area contributed by atoms with Gasteiger partial charge in [-0.15, -0.1) is 24.8 Å². The first kappa shape index (κ1) is 20.3. The highest BCUT2D eigenvalue weighted by atomic mass is 35.5. The molecule has 0 saturated carbocycles. The minimum Gasteiger partial charge on any atom is -0.479 e. The van der Waals surface area contributed by atoms with Crippen LogP contribution in [0.5, 0.6) is 0 Å². The molecule has 4 atom stereocenters. The number of rotatable bonds is 5. The average Bonchev–Trinajstić information content (AvgIpc) is 2.12. The molecule has 0 aromatic rings. The predicted octanol–water partition coefficient (Wildman–Crippen LogP) is -2.65. The van der Waals surface area contributed by atoms with E-state index in [1.54, 1.807) is 0 Å². The van der Waals surface area contributed by atoms with Crippen LogP contribution in [0.15, 0.2) is 0 Å². The maximum atomic E-state index is 10.1. The maximum absolute atomic E-state index is 10.1. The zero-order valence-electron chi connectivity index (χ0n) is 7.42. The lowest BCUT2D eigenvalue weighted by Gasteiger charge is -2.23. The smallest absolute Gasteiger partial charge is 0.335 e. The molecular weight excluding hydrogens is 255 g/mol. The molecule has 0 radical (unpaired) electrons. The van der Waals surface area contributed by atoms with Gasteiger partial charge in [-0.1, -0.05) is 0 Å². The molecule has 0 bridgehead atoms. The Balaban J connectivity index is -0.000000720. The number of hydrogen-bond donors (Lipinski definition) is 6. The van der Waals surface area contributed by atoms with E-state index in [1.165, 1.54) is 0 Å². The molecule has 0 aliphatic carbocycles. The summed E-state index contributed by atoms with van der Waals surface area (Å²) in [5, 5.41) is 51.8. The Labute approximate surface area is 97.8 Å². The molecule has 0 aliphatic rings. The molecule has 9 heteroatoms. The summed E-state index contributed by atoms with van der Waals surface area (Å²) in [6.45, 7) is -0.843. The second-order valence-electron chi connectivity index (χ2n) is 2.51. The molecule has 4 unspecified atom stereocenters. The van der Waals surface area contributed by atoms with Gasteiger partial charge in [0, 0.05) is 0 Å². The lowest BCUT2D eigenvalue weighted by atomic mass is 10.0. The lowest BCUT2D eigenvalue weighted by molar-refractivity contribution is -0.164. The highest BCUT2D eigenvalue weighted by Crippen LogP contribution is 2.04. The fraction of sp³-hybridized carbons (Fsp3) is 0.833. The van der Waals surface area contributed by atoms with E-state index in [2.05, 4.69) is 0 Å². The summed E-state index contributed by atoms with van der Waals surface area (Å²) in [4.78, 5) is 10.1. The summed E-state index contributed by atoms with van der Waals surface area (Å²) >= 11 is 0. The number of halogens is 2. The van der Waals surface area contributed by atoms with Gasteiger partial charge in [-0.05, 0) is 0 Å². The summed E-state index contributed by atoms with van der Waals surface area (Å²) in [6, 6.07) is 0. The van der Waals surface area contributed by atoms with Crippen LogP contribution in [0.1, 0.15) is 0 Å². The number of aliphatic hydroxyl groups excluding tert-OH is 5. The molecule has 7 nitrogen and oxygen atoms in total. The van der Waals surface area contributed by atoms with Crippen molar-refractivity contribution in [2.24, 2.45) is 0 Å². The van der Waals surface area contributed by atoms with Gasteiger partial charge in [-0.3, -0.25) is 0 Å². The molecule has 0 aromatic heterocycles. The van der Waals surface area contributed by atoms with Gasteiger partial charge in [0.05, 0.1) is 6.61 Å². The van der Waals surface area contributed by atoms with Crippen LogP contribution in [0.3, 0.4) is 0 Å². The van der Waals surface area contributed by atoms with E-state index >= 15 is 0 Å². The van der Waals surface area contributed by atoms with Crippen molar-refractivity contribution in [2.75, 3.05) is 6.61 Å². The number of carboxylic acids is 1. The van der Waals surface area contributed by atoms with Gasteiger partial charge in [-0.25, -0.2) is 4.79 Å². The minimum atomic E-state index is -2.20. The van der Waals surface area contributed by atoms with E-state index in [0.29, 0.717) is 0 Å². The van der Waals surface area contributed by atoms with Crippen LogP contribution in [0.2, 0.25) is 0 Å². The Morgan fingerprint density at radius 2 is 1.40 bits per heavy atom. The Hall–Kier alpha value is -0.150. The quantitative estimate of drug-likeness (QED) is 0.320. The molecule has 0 amide bonds. The molecule has 0 saturated heterocycles. The van der Waals surface area contributed by atoms with Crippen molar-refractivity contribution in [2.45, 2.75) is 24.4 Å². The molecule has 0 aromatic carbocycles. The van der Waals surface area contributed by atoms with Gasteiger partial charge in [-0.2, -0.15) is 0 Å². The third-order valence-corrected chi connectivity index (χ3v) is 1.51. The molecule has 94 valence electrons. The molecule has 0 rings (SSSR count). The highest BCUT2D eigenvalue weighted by molar-refractivity contribution is 5.85. The Morgan fingerprint density at radius 1 is 1.00 bits per heavy atom. The van der Waals surface area contributed by atoms with Crippen molar-refractivity contribution in [1.82, 2.24) is 0 Å². The van der Waals surface area contributed by atoms with Crippen LogP contribution in [-0.4, -0.2) is 67.6 Å². The molecular formula is C6H14Cl2O7. The van der Waals surface area contributed by atoms with Crippen molar-refractivity contribution in [1.29, 1.82) is 0 Å². The average molecular weight is 269 g/mol. The Bertz CT molecular complexity index is 179. The van der Waals surface area contributed by atoms with Crippen LogP contribution >= 0.6 is 24.8 Å². The van der Waals surface area contributed by atoms with Crippen LogP contribution in [0.25, 0.3) is 0 Å². The predicted molar refractivity (Wildman–Crippen MR) is 53.2 cm³/mol. The van der Waals surface area contributed by atoms with Gasteiger partial charge in [0.15, 0.2) is 6.10 Å². The standard InChI is InChI=1S/C6H12O7.2ClH/c7-1-2(8)3(9)4(10)5(11)6(12)13;;/h2-5,7-11H,1H2,(H,12,13);2*1H. The third kappa shape index (κ3) is 6.10. The fourth-order valence-electron chi connectivity index (χ4n) is 0.668. The van der Waals surface area contributed by atoms with Crippen LogP contribution < -0.4 is 0 Å². The fourth-order valence-corrected chi connectivity index (χ4v) is 0.668. The summed E-state index contributed by atoms with van der Waals surface area (Å²) in [7, 11) is 0. The number of carboxylic acid groups (broad SMARTS) is 1. The van der Waals surface area contributed by atoms with Crippen LogP contribution in [0, 0.1) is 0 Å². The lowest BCUT2D eigenvalue weighted by Crippen LogP contribution is -2.48. The number of hydrogen-bond acceptors (Lipinski definition) is 6. The molecule has 15 heavy (non-hydrogen) atoms. The van der Waals surface area contributed by atoms with Crippen molar-refractivity contribution in [3.8, 4) is 0 Å². The number of carbonyl (C=O) groups is 1. The summed E-state index contributed by atoms with van der Waals surface area (Å²) < 4.78 is 0. The number of aliphatic hydroxyl groups is 5. The first-order valence-corrected chi connectivity index (χ1v) is 3.47. The second-order valence-corrected chi connectivity index (χ2v) is 2.51. The van der Waals surface area contributed by atoms with E-state index in [9.17, 15) is 4.79 Å². The normalized spacial score (nSPS) is 17.7. The van der Waals surface area contributed by atoms with Gasteiger partial charge in [0.25, 0.3) is 0 Å². The molecule has 0 aliphatic heterocycles. The zero-order chi connectivity index (χ0) is 10.6. The topological polar surface area (TPSA) is 138 Å². The van der Waals surface area contributed by atoms with Crippen molar-refractivity contribution < 1.29 is 35.4 Å². The van der Waals surface area contributed by atoms with Crippen molar-refractivity contribution in [3.63, 3.8) is 0 Å². The molecule has 0 fully saturated rings. The van der Waals surface area contributed by atoms with Crippen LogP contribution in [-0.2, 0) is 4.79 Å². The Kier molecular flexibility index (Phi) is 12.3. The van der Waals surface area contributed by atoms with Crippen molar-refractivity contribution >= 4 is 30.8 Å². The first-order chi connectivity index (χ1) is 5.91. The maximum Gasteiger partial charge on any atom is 0.335 e. The van der Waals surface area contributed by atoms with E-state index in [4.69, 9.17) is 30.6 Å². The SMILES string of the molecule is Cl.Cl.O=C(O)C(O)C(O)C(O)C(O)CO. The first-order valence-electron chi connectivity index (χ1n) is 3.47. The van der Waals surface area contributed by atoms with Gasteiger partial charge >= 0.3 is 5.97 Å². The molecule has 6 N–H and O–H groups in total. The molecule has 0 spiro atoms. The third-order valence-electron chi connectivity index (χ3n) is 1.51. The largest absolute Gasteiger partial charge is 0.479 e. The summed E-state index contributed by atoms with van der Waals surface area (Å²) in [5.74, 6) is -1.73. The number of aliphatic carboxylic acids is 1.